The molecular formula is C15H17N5O3. The fraction of sp³-hybridized carbons (Fsp3) is 0.267. The molecule has 0 aliphatic heterocycles. The number of H-pyrrole nitrogens is 1. The maximum absolute atomic E-state index is 12.0. The van der Waals surface area contributed by atoms with Gasteiger partial charge in [0.15, 0.2) is 11.2 Å². The Bertz CT molecular complexity index is 954. The van der Waals surface area contributed by atoms with Crippen LogP contribution in [0.5, 0.6) is 5.75 Å². The van der Waals surface area contributed by atoms with Crippen molar-refractivity contribution in [1.29, 1.82) is 0 Å². The van der Waals surface area contributed by atoms with Gasteiger partial charge in [0.2, 0.25) is 0 Å². The van der Waals surface area contributed by atoms with Crippen molar-refractivity contribution in [2.45, 2.75) is 6.54 Å². The molecule has 0 radical (unpaired) electrons. The molecule has 23 heavy (non-hydrogen) atoms. The summed E-state index contributed by atoms with van der Waals surface area (Å²) in [5.41, 5.74) is 0.725. The van der Waals surface area contributed by atoms with E-state index in [1.54, 1.807) is 25.1 Å². The molecule has 0 spiro atoms. The maximum atomic E-state index is 12.0. The van der Waals surface area contributed by atoms with Gasteiger partial charge in [0.05, 0.1) is 19.1 Å². The molecule has 0 saturated heterocycles. The second-order valence-electron chi connectivity index (χ2n) is 5.06. The molecule has 2 N–H and O–H groups in total. The maximum Gasteiger partial charge on any atom is 0.329 e. The summed E-state index contributed by atoms with van der Waals surface area (Å²) in [6, 6.07) is 7.60. The molecule has 0 amide bonds. The average Bonchev–Trinajstić information content (AvgIpc) is 2.98. The Labute approximate surface area is 131 Å². The molecule has 8 heteroatoms. The lowest BCUT2D eigenvalue weighted by atomic mass is 10.3. The molecule has 0 atom stereocenters. The highest BCUT2D eigenvalue weighted by molar-refractivity contribution is 5.69. The summed E-state index contributed by atoms with van der Waals surface area (Å²) in [7, 11) is 3.19. The largest absolute Gasteiger partial charge is 0.495 e. The number of imidazole rings is 1. The molecule has 0 aliphatic carbocycles. The zero-order valence-corrected chi connectivity index (χ0v) is 12.9. The van der Waals surface area contributed by atoms with E-state index in [4.69, 9.17) is 4.74 Å². The number of ether oxygens (including phenoxy) is 1. The van der Waals surface area contributed by atoms with Crippen molar-refractivity contribution in [3.05, 3.63) is 51.4 Å². The van der Waals surface area contributed by atoms with Crippen LogP contribution >= 0.6 is 0 Å². The Morgan fingerprint density at radius 1 is 1.30 bits per heavy atom. The standard InChI is InChI=1S/C15H17N5O3/c1-19-13-12(14(21)18-15(19)22)20(9-17-13)8-7-16-10-5-3-4-6-11(10)23-2/h3-6,9,16H,7-8H2,1-2H3,(H,18,21,22). The van der Waals surface area contributed by atoms with E-state index in [-0.39, 0.29) is 0 Å². The van der Waals surface area contributed by atoms with Crippen LogP contribution in [-0.4, -0.2) is 32.8 Å². The van der Waals surface area contributed by atoms with Gasteiger partial charge in [-0.25, -0.2) is 9.78 Å². The number of aromatic nitrogens is 4. The third-order valence-corrected chi connectivity index (χ3v) is 3.65. The number of para-hydroxylation sites is 2. The van der Waals surface area contributed by atoms with Crippen LogP contribution in [-0.2, 0) is 13.6 Å². The number of aryl methyl sites for hydroxylation is 1. The zero-order valence-electron chi connectivity index (χ0n) is 12.9. The lowest BCUT2D eigenvalue weighted by molar-refractivity contribution is 0.416. The van der Waals surface area contributed by atoms with Crippen LogP contribution in [0, 0.1) is 0 Å². The fourth-order valence-electron chi connectivity index (χ4n) is 2.46. The number of nitrogens with one attached hydrogen (secondary N) is 2. The molecule has 120 valence electrons. The van der Waals surface area contributed by atoms with Crippen molar-refractivity contribution in [2.24, 2.45) is 7.05 Å². The molecular weight excluding hydrogens is 298 g/mol. The van der Waals surface area contributed by atoms with Crippen LogP contribution in [0.15, 0.2) is 40.2 Å². The van der Waals surface area contributed by atoms with E-state index >= 15 is 0 Å². The summed E-state index contributed by atoms with van der Waals surface area (Å²) in [4.78, 5) is 30.0. The van der Waals surface area contributed by atoms with Gasteiger partial charge in [-0.05, 0) is 12.1 Å². The highest BCUT2D eigenvalue weighted by Crippen LogP contribution is 2.22. The first-order chi connectivity index (χ1) is 11.1. The molecule has 3 aromatic rings. The molecule has 8 nitrogen and oxygen atoms in total. The van der Waals surface area contributed by atoms with Crippen LogP contribution in [0.2, 0.25) is 0 Å². The fourth-order valence-corrected chi connectivity index (χ4v) is 2.46. The highest BCUT2D eigenvalue weighted by atomic mass is 16.5. The zero-order chi connectivity index (χ0) is 16.4. The number of nitrogens with zero attached hydrogens (tertiary/aromatic N) is 3. The number of fused-ring (bicyclic) bond motifs is 1. The first-order valence-corrected chi connectivity index (χ1v) is 7.13. The average molecular weight is 315 g/mol. The second-order valence-corrected chi connectivity index (χ2v) is 5.06. The molecule has 0 bridgehead atoms. The van der Waals surface area contributed by atoms with E-state index in [9.17, 15) is 9.59 Å². The van der Waals surface area contributed by atoms with E-state index in [1.807, 2.05) is 24.3 Å². The van der Waals surface area contributed by atoms with Crippen molar-refractivity contribution in [2.75, 3.05) is 19.0 Å². The molecule has 0 fully saturated rings. The van der Waals surface area contributed by atoms with Crippen LogP contribution in [0.25, 0.3) is 11.2 Å². The Hall–Kier alpha value is -3.03. The van der Waals surface area contributed by atoms with Crippen LogP contribution < -0.4 is 21.3 Å². The Morgan fingerprint density at radius 3 is 2.87 bits per heavy atom. The van der Waals surface area contributed by atoms with Crippen molar-refractivity contribution in [3.8, 4) is 5.75 Å². The van der Waals surface area contributed by atoms with Gasteiger partial charge in [0.1, 0.15) is 5.75 Å². The third kappa shape index (κ3) is 2.70. The third-order valence-electron chi connectivity index (χ3n) is 3.65. The molecule has 0 aliphatic rings. The summed E-state index contributed by atoms with van der Waals surface area (Å²) in [5, 5.41) is 3.26. The normalized spacial score (nSPS) is 10.9. The minimum Gasteiger partial charge on any atom is -0.495 e. The summed E-state index contributed by atoms with van der Waals surface area (Å²) in [6.07, 6.45) is 1.56. The second kappa shape index (κ2) is 5.99. The summed E-state index contributed by atoms with van der Waals surface area (Å²) in [6.45, 7) is 1.10. The van der Waals surface area contributed by atoms with Gasteiger partial charge >= 0.3 is 5.69 Å². The van der Waals surface area contributed by atoms with Crippen LogP contribution in [0.3, 0.4) is 0 Å². The van der Waals surface area contributed by atoms with Gasteiger partial charge in [0.25, 0.3) is 5.56 Å². The Balaban J connectivity index is 1.82. The quantitative estimate of drug-likeness (QED) is 0.717. The Kier molecular flexibility index (Phi) is 3.88. The number of aromatic amines is 1. The molecule has 3 rings (SSSR count). The number of benzene rings is 1. The summed E-state index contributed by atoms with van der Waals surface area (Å²) in [5.74, 6) is 0.753. The topological polar surface area (TPSA) is 93.9 Å². The van der Waals surface area contributed by atoms with Crippen molar-refractivity contribution >= 4 is 16.9 Å². The number of hydrogen-bond donors (Lipinski definition) is 2. The minimum atomic E-state index is -0.472. The smallest absolute Gasteiger partial charge is 0.329 e. The molecule has 2 heterocycles. The lowest BCUT2D eigenvalue weighted by Crippen LogP contribution is -2.29. The summed E-state index contributed by atoms with van der Waals surface area (Å²) >= 11 is 0. The van der Waals surface area contributed by atoms with Crippen molar-refractivity contribution < 1.29 is 4.74 Å². The molecule has 0 unspecified atom stereocenters. The first kappa shape index (κ1) is 14.9. The van der Waals surface area contributed by atoms with E-state index in [1.165, 1.54) is 4.57 Å². The van der Waals surface area contributed by atoms with E-state index in [0.717, 1.165) is 11.4 Å². The van der Waals surface area contributed by atoms with Crippen molar-refractivity contribution in [1.82, 2.24) is 19.1 Å². The number of rotatable bonds is 5. The number of methoxy groups -OCH3 is 1. The van der Waals surface area contributed by atoms with Crippen molar-refractivity contribution in [3.63, 3.8) is 0 Å². The van der Waals surface area contributed by atoms with Gasteiger partial charge in [0, 0.05) is 20.1 Å². The van der Waals surface area contributed by atoms with E-state index < -0.39 is 11.2 Å². The highest BCUT2D eigenvalue weighted by Gasteiger charge is 2.11. The summed E-state index contributed by atoms with van der Waals surface area (Å²) < 4.78 is 8.32. The van der Waals surface area contributed by atoms with Crippen LogP contribution in [0.4, 0.5) is 5.69 Å². The predicted molar refractivity (Wildman–Crippen MR) is 87.1 cm³/mol. The van der Waals surface area contributed by atoms with Crippen LogP contribution in [0.1, 0.15) is 0 Å². The molecule has 2 aromatic heterocycles. The van der Waals surface area contributed by atoms with Gasteiger partial charge in [-0.3, -0.25) is 14.3 Å². The van der Waals surface area contributed by atoms with Gasteiger partial charge in [-0.2, -0.15) is 0 Å². The predicted octanol–water partition coefficient (Wildman–Crippen LogP) is 0.544. The molecule has 1 aromatic carbocycles. The van der Waals surface area contributed by atoms with Gasteiger partial charge < -0.3 is 14.6 Å². The first-order valence-electron chi connectivity index (χ1n) is 7.13. The lowest BCUT2D eigenvalue weighted by Gasteiger charge is -2.11. The van der Waals surface area contributed by atoms with E-state index in [2.05, 4.69) is 15.3 Å². The number of hydrogen-bond acceptors (Lipinski definition) is 5. The van der Waals surface area contributed by atoms with Gasteiger partial charge in [-0.15, -0.1) is 0 Å². The number of anilines is 1. The van der Waals surface area contributed by atoms with Gasteiger partial charge in [-0.1, -0.05) is 12.1 Å². The van der Waals surface area contributed by atoms with E-state index in [0.29, 0.717) is 24.3 Å². The Morgan fingerprint density at radius 2 is 2.09 bits per heavy atom. The monoisotopic (exact) mass is 315 g/mol. The molecule has 0 saturated carbocycles. The SMILES string of the molecule is COc1ccccc1NCCn1cnc2c1c(=O)[nH]c(=O)n2C. The minimum absolute atomic E-state index is 0.371.